The third kappa shape index (κ3) is 1.21. The van der Waals surface area contributed by atoms with Gasteiger partial charge in [-0.3, -0.25) is 4.79 Å². The van der Waals surface area contributed by atoms with E-state index in [1.54, 1.807) is 6.92 Å². The van der Waals surface area contributed by atoms with Gasteiger partial charge in [0.15, 0.2) is 0 Å². The van der Waals surface area contributed by atoms with Crippen LogP contribution in [0.2, 0.25) is 0 Å². The Labute approximate surface area is 54.3 Å². The maximum atomic E-state index is 10.8. The summed E-state index contributed by atoms with van der Waals surface area (Å²) in [6.07, 6.45) is 0.897. The molecule has 1 fully saturated rings. The monoisotopic (exact) mass is 129 g/mol. The predicted octanol–water partition coefficient (Wildman–Crippen LogP) is -0.0529. The van der Waals surface area contributed by atoms with Crippen LogP contribution >= 0.6 is 0 Å². The van der Waals surface area contributed by atoms with Crippen molar-refractivity contribution in [3.05, 3.63) is 0 Å². The molecule has 1 N–H and O–H groups in total. The zero-order valence-electron chi connectivity index (χ0n) is 5.50. The predicted molar refractivity (Wildman–Crippen MR) is 32.6 cm³/mol. The lowest BCUT2D eigenvalue weighted by atomic mass is 10.4. The summed E-state index contributed by atoms with van der Waals surface area (Å²) in [5.74, 6) is 0.0741. The van der Waals surface area contributed by atoms with Gasteiger partial charge in [-0.05, 0) is 13.3 Å². The lowest BCUT2D eigenvalue weighted by Crippen LogP contribution is -2.33. The van der Waals surface area contributed by atoms with Crippen LogP contribution in [0, 0.1) is 0 Å². The molecule has 52 valence electrons. The molecule has 0 aliphatic carbocycles. The molecule has 0 spiro atoms. The Morgan fingerprint density at radius 3 is 2.67 bits per heavy atom. The minimum Gasteiger partial charge on any atom is -0.374 e. The van der Waals surface area contributed by atoms with Gasteiger partial charge in [0.1, 0.15) is 6.23 Å². The van der Waals surface area contributed by atoms with E-state index in [1.807, 2.05) is 0 Å². The number of amides is 1. The highest BCUT2D eigenvalue weighted by Gasteiger charge is 2.22. The van der Waals surface area contributed by atoms with E-state index >= 15 is 0 Å². The van der Waals surface area contributed by atoms with Crippen molar-refractivity contribution in [2.45, 2.75) is 26.0 Å². The molecular formula is C6H11NO2. The average molecular weight is 129 g/mol. The van der Waals surface area contributed by atoms with E-state index in [-0.39, 0.29) is 5.91 Å². The smallest absolute Gasteiger partial charge is 0.224 e. The number of carbonyl (C=O) groups is 1. The molecule has 3 nitrogen and oxygen atoms in total. The largest absolute Gasteiger partial charge is 0.374 e. The fourth-order valence-electron chi connectivity index (χ4n) is 1.06. The number of likely N-dealkylation sites (tertiary alicyclic amines) is 1. The van der Waals surface area contributed by atoms with Crippen LogP contribution < -0.4 is 0 Å². The molecular weight excluding hydrogens is 118 g/mol. The summed E-state index contributed by atoms with van der Waals surface area (Å²) in [7, 11) is 0. The molecule has 1 saturated heterocycles. The summed E-state index contributed by atoms with van der Waals surface area (Å²) >= 11 is 0. The topological polar surface area (TPSA) is 40.5 Å². The van der Waals surface area contributed by atoms with E-state index in [4.69, 9.17) is 5.11 Å². The highest BCUT2D eigenvalue weighted by Crippen LogP contribution is 2.10. The number of aliphatic hydroxyl groups excluding tert-OH is 1. The zero-order chi connectivity index (χ0) is 6.85. The number of nitrogens with zero attached hydrogens (tertiary/aromatic N) is 1. The normalized spacial score (nSPS) is 22.9. The Balaban J connectivity index is 2.49. The number of hydrogen-bond acceptors (Lipinski definition) is 2. The van der Waals surface area contributed by atoms with Crippen LogP contribution in [0.25, 0.3) is 0 Å². The van der Waals surface area contributed by atoms with Gasteiger partial charge in [0.05, 0.1) is 0 Å². The van der Waals surface area contributed by atoms with Crippen LogP contribution in [0.4, 0.5) is 0 Å². The summed E-state index contributed by atoms with van der Waals surface area (Å²) in [5, 5.41) is 8.93. The number of hydrogen-bond donors (Lipinski definition) is 1. The molecule has 1 unspecified atom stereocenters. The van der Waals surface area contributed by atoms with Crippen LogP contribution in [0.3, 0.4) is 0 Å². The Hall–Kier alpha value is -0.570. The van der Waals surface area contributed by atoms with E-state index < -0.39 is 6.23 Å². The van der Waals surface area contributed by atoms with Crippen LogP contribution in [-0.2, 0) is 4.79 Å². The third-order valence-corrected chi connectivity index (χ3v) is 1.56. The van der Waals surface area contributed by atoms with Crippen molar-refractivity contribution in [3.63, 3.8) is 0 Å². The minimum atomic E-state index is -0.597. The Kier molecular flexibility index (Phi) is 1.71. The molecule has 1 rings (SSSR count). The van der Waals surface area contributed by atoms with Crippen LogP contribution in [0.1, 0.15) is 19.8 Å². The van der Waals surface area contributed by atoms with Crippen molar-refractivity contribution >= 4 is 5.91 Å². The lowest BCUT2D eigenvalue weighted by Gasteiger charge is -2.17. The molecule has 1 aliphatic heterocycles. The van der Waals surface area contributed by atoms with Gasteiger partial charge in [0.25, 0.3) is 0 Å². The average Bonchev–Trinajstić information content (AvgIpc) is 2.13. The van der Waals surface area contributed by atoms with Crippen LogP contribution in [0.5, 0.6) is 0 Å². The fraction of sp³-hybridized carbons (Fsp3) is 0.833. The van der Waals surface area contributed by atoms with Gasteiger partial charge in [-0.1, -0.05) is 0 Å². The number of rotatable bonds is 1. The Bertz CT molecular complexity index is 122. The molecule has 1 aliphatic rings. The van der Waals surface area contributed by atoms with Crippen molar-refractivity contribution < 1.29 is 9.90 Å². The summed E-state index contributed by atoms with van der Waals surface area (Å²) in [6, 6.07) is 0. The van der Waals surface area contributed by atoms with Gasteiger partial charge in [0.2, 0.25) is 5.91 Å². The first kappa shape index (κ1) is 6.55. The van der Waals surface area contributed by atoms with E-state index in [9.17, 15) is 4.79 Å². The van der Waals surface area contributed by atoms with E-state index in [0.717, 1.165) is 13.0 Å². The molecule has 0 aromatic rings. The summed E-state index contributed by atoms with van der Waals surface area (Å²) in [5.41, 5.74) is 0. The molecule has 0 radical (unpaired) electrons. The molecule has 1 heterocycles. The first-order chi connectivity index (χ1) is 4.22. The standard InChI is InChI=1S/C6H11NO2/c1-5(8)7-4-2-3-6(7)9/h5,8H,2-4H2,1H3. The van der Waals surface area contributed by atoms with Gasteiger partial charge in [-0.25, -0.2) is 0 Å². The maximum absolute atomic E-state index is 10.8. The quantitative estimate of drug-likeness (QED) is 0.539. The van der Waals surface area contributed by atoms with Gasteiger partial charge < -0.3 is 10.0 Å². The molecule has 0 bridgehead atoms. The van der Waals surface area contributed by atoms with Crippen molar-refractivity contribution in [1.29, 1.82) is 0 Å². The van der Waals surface area contributed by atoms with Gasteiger partial charge in [0, 0.05) is 13.0 Å². The zero-order valence-corrected chi connectivity index (χ0v) is 5.50. The van der Waals surface area contributed by atoms with E-state index in [0.29, 0.717) is 6.42 Å². The number of aliphatic hydroxyl groups is 1. The molecule has 1 atom stereocenters. The van der Waals surface area contributed by atoms with Crippen molar-refractivity contribution in [1.82, 2.24) is 4.90 Å². The Morgan fingerprint density at radius 2 is 2.44 bits per heavy atom. The third-order valence-electron chi connectivity index (χ3n) is 1.56. The molecule has 0 saturated carbocycles. The second-order valence-corrected chi connectivity index (χ2v) is 2.32. The fourth-order valence-corrected chi connectivity index (χ4v) is 1.06. The van der Waals surface area contributed by atoms with E-state index in [2.05, 4.69) is 0 Å². The molecule has 9 heavy (non-hydrogen) atoms. The van der Waals surface area contributed by atoms with Gasteiger partial charge in [-0.2, -0.15) is 0 Å². The van der Waals surface area contributed by atoms with Crippen molar-refractivity contribution in [3.8, 4) is 0 Å². The van der Waals surface area contributed by atoms with Gasteiger partial charge >= 0.3 is 0 Å². The SMILES string of the molecule is CC(O)N1CCCC1=O. The molecule has 0 aromatic heterocycles. The summed E-state index contributed by atoms with van der Waals surface area (Å²) < 4.78 is 0. The second-order valence-electron chi connectivity index (χ2n) is 2.32. The lowest BCUT2D eigenvalue weighted by molar-refractivity contribution is -0.135. The highest BCUT2D eigenvalue weighted by molar-refractivity contribution is 5.78. The second kappa shape index (κ2) is 2.35. The molecule has 1 amide bonds. The Morgan fingerprint density at radius 1 is 1.78 bits per heavy atom. The molecule has 0 aromatic carbocycles. The van der Waals surface area contributed by atoms with Crippen molar-refractivity contribution in [2.75, 3.05) is 6.54 Å². The summed E-state index contributed by atoms with van der Waals surface area (Å²) in [6.45, 7) is 2.33. The minimum absolute atomic E-state index is 0.0741. The first-order valence-electron chi connectivity index (χ1n) is 3.19. The van der Waals surface area contributed by atoms with Gasteiger partial charge in [-0.15, -0.1) is 0 Å². The van der Waals surface area contributed by atoms with Crippen molar-refractivity contribution in [2.24, 2.45) is 0 Å². The maximum Gasteiger partial charge on any atom is 0.224 e. The molecule has 3 heteroatoms. The first-order valence-corrected chi connectivity index (χ1v) is 3.19. The van der Waals surface area contributed by atoms with Crippen LogP contribution in [0.15, 0.2) is 0 Å². The summed E-state index contributed by atoms with van der Waals surface area (Å²) in [4.78, 5) is 12.3. The van der Waals surface area contributed by atoms with E-state index in [1.165, 1.54) is 4.90 Å². The number of carbonyl (C=O) groups excluding carboxylic acids is 1. The highest BCUT2D eigenvalue weighted by atomic mass is 16.3. The van der Waals surface area contributed by atoms with Crippen LogP contribution in [-0.4, -0.2) is 28.7 Å².